The van der Waals surface area contributed by atoms with Crippen LogP contribution in [-0.2, 0) is 10.8 Å². The highest BCUT2D eigenvalue weighted by molar-refractivity contribution is 6.10. The molecule has 2 nitrogen and oxygen atoms in total. The van der Waals surface area contributed by atoms with E-state index < -0.39 is 10.8 Å². The van der Waals surface area contributed by atoms with E-state index in [4.69, 9.17) is 0 Å². The van der Waals surface area contributed by atoms with E-state index in [1.165, 1.54) is 99.3 Å². The summed E-state index contributed by atoms with van der Waals surface area (Å²) in [5.74, 6) is 0. The molecule has 346 valence electrons. The molecule has 1 unspecified atom stereocenters. The molecule has 0 fully saturated rings. The number of para-hydroxylation sites is 2. The molecule has 13 aromatic rings. The lowest BCUT2D eigenvalue weighted by Crippen LogP contribution is -2.29. The number of rotatable bonds is 8. The van der Waals surface area contributed by atoms with Gasteiger partial charge in [0.15, 0.2) is 0 Å². The SMILES string of the molecule is c1ccc(-n2c3ccccc3c3cc(C4(c5ccccc5)c5ccccc5-c5ccc(N(c6ccc7c(c6)C(c6ccccc6)(c6ccccc6)c6ccccc6-7)c6ccc7ccccc7c6)cc54)ccc32)cc1. The minimum atomic E-state index is -0.655. The topological polar surface area (TPSA) is 8.17 Å². The van der Waals surface area contributed by atoms with Crippen LogP contribution in [0, 0.1) is 0 Å². The van der Waals surface area contributed by atoms with Crippen molar-refractivity contribution in [2.75, 3.05) is 4.90 Å². The lowest BCUT2D eigenvalue weighted by Gasteiger charge is -2.36. The van der Waals surface area contributed by atoms with Gasteiger partial charge in [0.05, 0.1) is 21.9 Å². The second kappa shape index (κ2) is 16.5. The second-order valence-corrected chi connectivity index (χ2v) is 19.9. The maximum Gasteiger partial charge on any atom is 0.0714 e. The molecule has 1 aromatic heterocycles. The molecule has 0 spiro atoms. The van der Waals surface area contributed by atoms with E-state index in [2.05, 4.69) is 301 Å². The van der Waals surface area contributed by atoms with Crippen molar-refractivity contribution in [2.24, 2.45) is 0 Å². The van der Waals surface area contributed by atoms with Crippen molar-refractivity contribution in [2.45, 2.75) is 10.8 Å². The van der Waals surface area contributed by atoms with E-state index in [-0.39, 0.29) is 0 Å². The largest absolute Gasteiger partial charge is 0.310 e. The number of anilines is 3. The van der Waals surface area contributed by atoms with Crippen LogP contribution in [0.5, 0.6) is 0 Å². The average molecular weight is 941 g/mol. The molecule has 2 heteroatoms. The predicted molar refractivity (Wildman–Crippen MR) is 308 cm³/mol. The van der Waals surface area contributed by atoms with Crippen molar-refractivity contribution in [3.05, 3.63) is 336 Å². The highest BCUT2D eigenvalue weighted by atomic mass is 15.1. The molecular formula is C72H48N2. The Morgan fingerprint density at radius 3 is 1.28 bits per heavy atom. The van der Waals surface area contributed by atoms with Gasteiger partial charge in [0.2, 0.25) is 0 Å². The maximum absolute atomic E-state index is 2.51. The smallest absolute Gasteiger partial charge is 0.0714 e. The van der Waals surface area contributed by atoms with Crippen LogP contribution in [0.2, 0.25) is 0 Å². The average Bonchev–Trinajstić information content (AvgIpc) is 4.16. The molecule has 1 atom stereocenters. The first-order chi connectivity index (χ1) is 36.7. The van der Waals surface area contributed by atoms with E-state index in [1.807, 2.05) is 0 Å². The van der Waals surface area contributed by atoms with Gasteiger partial charge in [0.1, 0.15) is 0 Å². The quantitative estimate of drug-likeness (QED) is 0.147. The summed E-state index contributed by atoms with van der Waals surface area (Å²) in [6, 6.07) is 109. The summed E-state index contributed by atoms with van der Waals surface area (Å²) in [7, 11) is 0. The summed E-state index contributed by atoms with van der Waals surface area (Å²) in [6.45, 7) is 0. The molecule has 0 N–H and O–H groups in total. The molecule has 74 heavy (non-hydrogen) atoms. The molecule has 0 bridgehead atoms. The summed E-state index contributed by atoms with van der Waals surface area (Å²) < 4.78 is 2.42. The van der Waals surface area contributed by atoms with Crippen LogP contribution in [0.3, 0.4) is 0 Å². The van der Waals surface area contributed by atoms with Crippen LogP contribution in [0.15, 0.2) is 291 Å². The third kappa shape index (κ3) is 6.00. The first-order valence-electron chi connectivity index (χ1n) is 25.7. The van der Waals surface area contributed by atoms with Gasteiger partial charge in [-0.3, -0.25) is 0 Å². The van der Waals surface area contributed by atoms with Crippen molar-refractivity contribution in [1.29, 1.82) is 0 Å². The van der Waals surface area contributed by atoms with Gasteiger partial charge >= 0.3 is 0 Å². The molecule has 0 saturated carbocycles. The Kier molecular flexibility index (Phi) is 9.43. The van der Waals surface area contributed by atoms with E-state index in [1.54, 1.807) is 0 Å². The van der Waals surface area contributed by atoms with Gasteiger partial charge in [0.25, 0.3) is 0 Å². The van der Waals surface area contributed by atoms with E-state index in [0.29, 0.717) is 0 Å². The lowest BCUT2D eigenvalue weighted by molar-refractivity contribution is 0.768. The Morgan fingerprint density at radius 1 is 0.257 bits per heavy atom. The van der Waals surface area contributed by atoms with Crippen LogP contribution < -0.4 is 4.90 Å². The third-order valence-corrected chi connectivity index (χ3v) is 16.3. The number of aromatic nitrogens is 1. The van der Waals surface area contributed by atoms with Gasteiger partial charge in [-0.1, -0.05) is 224 Å². The zero-order valence-corrected chi connectivity index (χ0v) is 40.6. The van der Waals surface area contributed by atoms with Crippen LogP contribution in [0.1, 0.15) is 44.5 Å². The van der Waals surface area contributed by atoms with E-state index >= 15 is 0 Å². The molecule has 0 amide bonds. The van der Waals surface area contributed by atoms with Crippen molar-refractivity contribution in [1.82, 2.24) is 4.57 Å². The van der Waals surface area contributed by atoms with Gasteiger partial charge in [-0.2, -0.15) is 0 Å². The Balaban J connectivity index is 1.01. The molecule has 0 radical (unpaired) electrons. The molecule has 12 aromatic carbocycles. The Hall–Kier alpha value is -9.50. The van der Waals surface area contributed by atoms with Gasteiger partial charge in [-0.05, 0) is 144 Å². The van der Waals surface area contributed by atoms with E-state index in [0.717, 1.165) is 22.7 Å². The van der Waals surface area contributed by atoms with Crippen LogP contribution in [0.25, 0.3) is 60.5 Å². The normalized spacial score (nSPS) is 14.9. The standard InChI is InChI=1S/C72H48N2/c1-5-23-51(24-6-1)71(52-25-7-2-8-26-52)65-34-18-15-31-59(65)61-42-40-57(47-67(61)71)73(56-39-37-49-21-13-14-22-50(49)45-56)58-41-43-62-60-32-16-19-35-66(60)72(68(62)48-58,53-27-9-3-10-28-53)54-38-44-70-64(46-54)63-33-17-20-36-69(63)74(70)55-29-11-4-12-30-55/h1-48H. The minimum Gasteiger partial charge on any atom is -0.310 e. The van der Waals surface area contributed by atoms with Crippen LogP contribution in [-0.4, -0.2) is 4.57 Å². The number of hydrogen-bond donors (Lipinski definition) is 0. The Bertz CT molecular complexity index is 4270. The molecule has 15 rings (SSSR count). The monoisotopic (exact) mass is 940 g/mol. The van der Waals surface area contributed by atoms with Gasteiger partial charge in [0, 0.05) is 33.5 Å². The fraction of sp³-hybridized carbons (Fsp3) is 0.0278. The van der Waals surface area contributed by atoms with E-state index in [9.17, 15) is 0 Å². The minimum absolute atomic E-state index is 0.552. The van der Waals surface area contributed by atoms with Crippen LogP contribution in [0.4, 0.5) is 17.1 Å². The summed E-state index contributed by atoms with van der Waals surface area (Å²) in [5.41, 5.74) is 20.7. The number of fused-ring (bicyclic) bond motifs is 10. The molecule has 0 saturated heterocycles. The first-order valence-corrected chi connectivity index (χ1v) is 25.7. The first kappa shape index (κ1) is 42.2. The fourth-order valence-corrected chi connectivity index (χ4v) is 13.3. The lowest BCUT2D eigenvalue weighted by atomic mass is 9.67. The molecule has 0 aliphatic heterocycles. The fourth-order valence-electron chi connectivity index (χ4n) is 13.3. The predicted octanol–water partition coefficient (Wildman–Crippen LogP) is 18.1. The molecule has 1 heterocycles. The van der Waals surface area contributed by atoms with Crippen molar-refractivity contribution < 1.29 is 0 Å². The summed E-state index contributed by atoms with van der Waals surface area (Å²) in [6.07, 6.45) is 0. The number of hydrogen-bond acceptors (Lipinski definition) is 1. The highest BCUT2D eigenvalue weighted by Gasteiger charge is 2.48. The van der Waals surface area contributed by atoms with Crippen LogP contribution >= 0.6 is 0 Å². The zero-order chi connectivity index (χ0) is 48.8. The molecular weight excluding hydrogens is 893 g/mol. The highest BCUT2D eigenvalue weighted by Crippen LogP contribution is 2.60. The van der Waals surface area contributed by atoms with Crippen molar-refractivity contribution in [3.8, 4) is 27.9 Å². The van der Waals surface area contributed by atoms with Gasteiger partial charge in [-0.25, -0.2) is 0 Å². The third-order valence-electron chi connectivity index (χ3n) is 16.3. The summed E-state index contributed by atoms with van der Waals surface area (Å²) in [5, 5.41) is 4.88. The van der Waals surface area contributed by atoms with Gasteiger partial charge in [-0.15, -0.1) is 0 Å². The Morgan fingerprint density at radius 2 is 0.689 bits per heavy atom. The summed E-state index contributed by atoms with van der Waals surface area (Å²) in [4.78, 5) is 2.51. The summed E-state index contributed by atoms with van der Waals surface area (Å²) >= 11 is 0. The number of benzene rings is 12. The molecule has 2 aliphatic carbocycles. The van der Waals surface area contributed by atoms with Gasteiger partial charge < -0.3 is 9.47 Å². The Labute approximate surface area is 431 Å². The second-order valence-electron chi connectivity index (χ2n) is 19.9. The van der Waals surface area contributed by atoms with Crippen molar-refractivity contribution >= 4 is 49.6 Å². The van der Waals surface area contributed by atoms with Crippen molar-refractivity contribution in [3.63, 3.8) is 0 Å². The molecule has 2 aliphatic rings. The maximum atomic E-state index is 2.51. The number of nitrogens with zero attached hydrogens (tertiary/aromatic N) is 2. The zero-order valence-electron chi connectivity index (χ0n) is 40.6.